The number of carbonyl (C=O) groups is 8. The normalized spacial score (nSPS) is 12.5. The lowest BCUT2D eigenvalue weighted by Crippen LogP contribution is -2.44. The Bertz CT molecular complexity index is 4360. The topological polar surface area (TPSA) is 319 Å². The molecule has 0 aliphatic carbocycles. The number of amides is 5. The molecule has 3 atom stereocenters. The molecule has 26 heteroatoms. The number of para-hydroxylation sites is 1. The Balaban J connectivity index is 0.000000283. The molecule has 0 spiro atoms. The first-order valence-electron chi connectivity index (χ1n) is 34.1. The first-order chi connectivity index (χ1) is 49.1. The van der Waals surface area contributed by atoms with Crippen molar-refractivity contribution >= 4 is 76.4 Å². The minimum absolute atomic E-state index is 0.0120. The van der Waals surface area contributed by atoms with Crippen LogP contribution in [0.4, 0.5) is 13.2 Å². The molecule has 0 aliphatic rings. The van der Waals surface area contributed by atoms with Gasteiger partial charge in [-0.25, -0.2) is 38.4 Å². The van der Waals surface area contributed by atoms with Gasteiger partial charge in [0.05, 0.1) is 60.5 Å². The zero-order chi connectivity index (χ0) is 78.0. The monoisotopic (exact) mass is 1510 g/mol. The number of sulfone groups is 3. The van der Waals surface area contributed by atoms with Crippen LogP contribution in [-0.2, 0) is 53.5 Å². The summed E-state index contributed by atoms with van der Waals surface area (Å²) in [5.74, 6) is -9.87. The molecule has 0 unspecified atom stereocenters. The summed E-state index contributed by atoms with van der Waals surface area (Å²) in [6.45, 7) is 18.1. The third-order valence-corrected chi connectivity index (χ3v) is 21.6. The predicted molar refractivity (Wildman–Crippen MR) is 397 cm³/mol. The van der Waals surface area contributed by atoms with Crippen molar-refractivity contribution in [1.29, 1.82) is 0 Å². The van der Waals surface area contributed by atoms with Gasteiger partial charge in [0, 0.05) is 74.3 Å². The van der Waals surface area contributed by atoms with E-state index in [2.05, 4.69) is 26.6 Å². The van der Waals surface area contributed by atoms with E-state index >= 15 is 0 Å². The second-order valence-electron chi connectivity index (χ2n) is 27.7. The van der Waals surface area contributed by atoms with Crippen molar-refractivity contribution in [2.75, 3.05) is 36.9 Å². The van der Waals surface area contributed by atoms with E-state index in [1.807, 2.05) is 20.8 Å². The van der Waals surface area contributed by atoms with Crippen molar-refractivity contribution in [2.24, 2.45) is 17.8 Å². The molecular weight excluding hydrogens is 1410 g/mol. The van der Waals surface area contributed by atoms with Gasteiger partial charge in [0.25, 0.3) is 0 Å². The molecule has 0 saturated carbocycles. The Morgan fingerprint density at radius 2 is 0.752 bits per heavy atom. The van der Waals surface area contributed by atoms with Crippen molar-refractivity contribution in [2.45, 2.75) is 146 Å². The minimum atomic E-state index is -3.83. The minimum Gasteiger partial charge on any atom is -0.507 e. The summed E-state index contributed by atoms with van der Waals surface area (Å²) in [5.41, 5.74) is 2.37. The van der Waals surface area contributed by atoms with Crippen LogP contribution < -0.4 is 26.6 Å². The molecule has 7 rings (SSSR count). The number of benzene rings is 7. The van der Waals surface area contributed by atoms with Gasteiger partial charge in [-0.3, -0.25) is 38.4 Å². The fourth-order valence-corrected chi connectivity index (χ4v) is 15.2. The number of phenolic OH excluding ortho intramolecular Hbond substituents is 1. The van der Waals surface area contributed by atoms with Gasteiger partial charge in [-0.05, 0) is 166 Å². The van der Waals surface area contributed by atoms with Gasteiger partial charge < -0.3 is 31.7 Å². The lowest BCUT2D eigenvalue weighted by molar-refractivity contribution is -0.130. The smallest absolute Gasteiger partial charge is 0.224 e. The second-order valence-corrected chi connectivity index (χ2v) is 33.8. The van der Waals surface area contributed by atoms with Crippen LogP contribution in [0.25, 0.3) is 11.1 Å². The maximum atomic E-state index is 14.3. The summed E-state index contributed by atoms with van der Waals surface area (Å²) in [5, 5.41) is 23.2. The molecular formula is C79H94F3N5O15S3. The molecule has 0 radical (unpaired) electrons. The molecule has 0 aliphatic heterocycles. The average molecular weight is 1510 g/mol. The molecule has 0 saturated heterocycles. The number of aromatic hydroxyl groups is 1. The summed E-state index contributed by atoms with van der Waals surface area (Å²) >= 11 is 0. The molecule has 0 fully saturated rings. The maximum Gasteiger partial charge on any atom is 0.224 e. The van der Waals surface area contributed by atoms with Crippen LogP contribution in [-0.4, -0.2) is 125 Å². The standard InChI is InChI=1S/C27H27F2NO4S.C26H33FN2O5S.C26H34N2O6S/c1-18-9-12-21(13-10-18)35(33,34)17-19(2)27(32)30-15-5-8-26(31)23-16-20(11-14-25(23)29)22-6-3-4-7-24(22)28;1-18-11-13-20(14-12-18)35(33,34)17-19(16-24(31)29-26(2,3)4)25(32)28-15-7-10-23(30)21-8-5-6-9-22(21)27;1-18-11-13-20(14-12-18)35(33,34)17-19(16-24(31)28-26(2,3)4)25(32)27-15-7-10-23(30)21-8-5-6-9-22(21)29/h3-4,6-7,9-14,16,19H,5,8,15,17H2,1-2H3,(H,30,32);5-6,8-9,11-14,19H,7,10,15-17H2,1-4H3,(H,28,32)(H,29,31);5-6,8-9,11-14,19,29H,7,10,15-17H2,1-4H3,(H,27,32)(H,28,31)/t3*19-/m111/s1. The molecule has 5 amide bonds. The molecule has 6 N–H and O–H groups in total. The zero-order valence-corrected chi connectivity index (χ0v) is 63.2. The molecule has 564 valence electrons. The SMILES string of the molecule is Cc1ccc(S(=O)(=O)C[C@@H](C)C(=O)NCCCC(=O)c2cc(-c3ccccc3F)ccc2F)cc1.Cc1ccc(S(=O)(=O)C[C@@H](CC(=O)NC(C)(C)C)C(=O)NCCCC(=O)c2ccccc2F)cc1.Cc1ccc(S(=O)(=O)C[C@@H](CC(=O)NC(C)(C)C)C(=O)NCCCC(=O)c2ccccc2O)cc1. The van der Waals surface area contributed by atoms with Crippen molar-refractivity contribution in [1.82, 2.24) is 26.6 Å². The van der Waals surface area contributed by atoms with E-state index in [0.29, 0.717) is 12.0 Å². The summed E-state index contributed by atoms with van der Waals surface area (Å²) in [6, 6.07) is 40.8. The van der Waals surface area contributed by atoms with Crippen molar-refractivity contribution in [3.05, 3.63) is 215 Å². The highest BCUT2D eigenvalue weighted by Crippen LogP contribution is 2.27. The predicted octanol–water partition coefficient (Wildman–Crippen LogP) is 11.9. The first-order valence-corrected chi connectivity index (χ1v) is 39.1. The number of carbonyl (C=O) groups excluding carboxylic acids is 8. The maximum absolute atomic E-state index is 14.3. The second kappa shape index (κ2) is 39.5. The Hall–Kier alpha value is -9.66. The van der Waals surface area contributed by atoms with E-state index in [4.69, 9.17) is 0 Å². The third-order valence-electron chi connectivity index (χ3n) is 16.0. The van der Waals surface area contributed by atoms with Crippen LogP contribution in [0.2, 0.25) is 0 Å². The van der Waals surface area contributed by atoms with Crippen molar-refractivity contribution < 1.29 is 81.9 Å². The van der Waals surface area contributed by atoms with E-state index in [1.54, 1.807) is 114 Å². The van der Waals surface area contributed by atoms with Crippen LogP contribution in [0.3, 0.4) is 0 Å². The van der Waals surface area contributed by atoms with Gasteiger partial charge in [0.1, 0.15) is 23.2 Å². The zero-order valence-electron chi connectivity index (χ0n) is 60.7. The fraction of sp³-hybridized carbons (Fsp3) is 0.367. The van der Waals surface area contributed by atoms with Crippen LogP contribution >= 0.6 is 0 Å². The van der Waals surface area contributed by atoms with Crippen LogP contribution in [0, 0.1) is 56.0 Å². The van der Waals surface area contributed by atoms with E-state index in [9.17, 15) is 81.9 Å². The van der Waals surface area contributed by atoms with Crippen molar-refractivity contribution in [3.63, 3.8) is 0 Å². The van der Waals surface area contributed by atoms with Gasteiger partial charge >= 0.3 is 0 Å². The molecule has 0 bridgehead atoms. The molecule has 0 heterocycles. The Kier molecular flexibility index (Phi) is 32.3. The highest BCUT2D eigenvalue weighted by atomic mass is 32.2. The molecule has 7 aromatic rings. The van der Waals surface area contributed by atoms with Gasteiger partial charge in [0.2, 0.25) is 29.5 Å². The summed E-state index contributed by atoms with van der Waals surface area (Å²) < 4.78 is 119. The van der Waals surface area contributed by atoms with Gasteiger partial charge in [-0.1, -0.05) is 109 Å². The van der Waals surface area contributed by atoms with Crippen molar-refractivity contribution in [3.8, 4) is 16.9 Å². The molecule has 20 nitrogen and oxygen atoms in total. The first kappa shape index (κ1) is 86.0. The number of phenols is 1. The number of rotatable bonds is 32. The number of hydrogen-bond donors (Lipinski definition) is 6. The van der Waals surface area contributed by atoms with E-state index in [-0.39, 0.29) is 125 Å². The fourth-order valence-electron chi connectivity index (χ4n) is 10.5. The van der Waals surface area contributed by atoms with Crippen LogP contribution in [0.15, 0.2) is 178 Å². The Labute approximate surface area is 613 Å². The van der Waals surface area contributed by atoms with Crippen LogP contribution in [0.1, 0.15) is 148 Å². The van der Waals surface area contributed by atoms with Gasteiger partial charge in [-0.15, -0.1) is 0 Å². The van der Waals surface area contributed by atoms with Gasteiger partial charge in [-0.2, -0.15) is 0 Å². The summed E-state index contributed by atoms with van der Waals surface area (Å²) in [4.78, 5) is 100. The molecule has 105 heavy (non-hydrogen) atoms. The number of Topliss-reactive ketones (excluding diaryl/α,β-unsaturated/α-hetero) is 3. The van der Waals surface area contributed by atoms with E-state index in [0.717, 1.165) is 22.8 Å². The lowest BCUT2D eigenvalue weighted by Gasteiger charge is -2.23. The highest BCUT2D eigenvalue weighted by molar-refractivity contribution is 7.92. The van der Waals surface area contributed by atoms with E-state index < -0.39 is 123 Å². The van der Waals surface area contributed by atoms with E-state index in [1.165, 1.54) is 91.9 Å². The Morgan fingerprint density at radius 1 is 0.410 bits per heavy atom. The van der Waals surface area contributed by atoms with Gasteiger partial charge in [0.15, 0.2) is 46.9 Å². The number of aryl methyl sites for hydroxylation is 3. The molecule has 0 aromatic heterocycles. The third kappa shape index (κ3) is 29.1. The highest BCUT2D eigenvalue weighted by Gasteiger charge is 2.33. The Morgan fingerprint density at radius 3 is 1.15 bits per heavy atom. The number of hydrogen-bond acceptors (Lipinski definition) is 15. The lowest BCUT2D eigenvalue weighted by atomic mass is 9.98. The number of halogens is 3. The largest absolute Gasteiger partial charge is 0.507 e. The summed E-state index contributed by atoms with van der Waals surface area (Å²) in [7, 11) is -11.3. The average Bonchev–Trinajstić information content (AvgIpc) is 0.838. The molecule has 7 aromatic carbocycles. The number of nitrogens with one attached hydrogen (secondary N) is 5. The number of ketones is 3. The summed E-state index contributed by atoms with van der Waals surface area (Å²) in [6.07, 6.45) is 0.258. The van der Waals surface area contributed by atoms with Crippen LogP contribution in [0.5, 0.6) is 5.75 Å². The quantitative estimate of drug-likeness (QED) is 0.0169.